The van der Waals surface area contributed by atoms with Gasteiger partial charge in [0, 0.05) is 0 Å². The van der Waals surface area contributed by atoms with Gasteiger partial charge in [0.05, 0.1) is 25.8 Å². The van der Waals surface area contributed by atoms with E-state index in [-0.39, 0.29) is 20.5 Å². The minimum Gasteiger partial charge on any atom is -0.478 e. The average Bonchev–Trinajstić information content (AvgIpc) is 2.28. The second-order valence-electron chi connectivity index (χ2n) is 4.21. The molecule has 0 bridgehead atoms. The summed E-state index contributed by atoms with van der Waals surface area (Å²) in [5.41, 5.74) is -0.270. The third-order valence-corrected chi connectivity index (χ3v) is 5.77. The normalized spacial score (nSPS) is 13.3. The maximum absolute atomic E-state index is 12.3. The Kier molecular flexibility index (Phi) is 5.24. The highest BCUT2D eigenvalue weighted by Crippen LogP contribution is 2.31. The third-order valence-electron chi connectivity index (χ3n) is 2.78. The van der Waals surface area contributed by atoms with Crippen molar-refractivity contribution in [1.29, 1.82) is 0 Å². The lowest BCUT2D eigenvalue weighted by Crippen LogP contribution is -2.18. The SMILES string of the molecule is CCCC(C)S(=O)(=O)c1cc(C(=O)O)c(Cl)cc1Cl. The van der Waals surface area contributed by atoms with Gasteiger partial charge in [0.1, 0.15) is 0 Å². The number of benzene rings is 1. The van der Waals surface area contributed by atoms with E-state index in [4.69, 9.17) is 28.3 Å². The van der Waals surface area contributed by atoms with Gasteiger partial charge in [-0.3, -0.25) is 0 Å². The van der Waals surface area contributed by atoms with Crippen molar-refractivity contribution in [2.45, 2.75) is 36.8 Å². The van der Waals surface area contributed by atoms with Crippen molar-refractivity contribution in [3.8, 4) is 0 Å². The zero-order valence-electron chi connectivity index (χ0n) is 10.5. The van der Waals surface area contributed by atoms with E-state index in [1.54, 1.807) is 6.92 Å². The van der Waals surface area contributed by atoms with Crippen molar-refractivity contribution in [2.24, 2.45) is 0 Å². The van der Waals surface area contributed by atoms with Gasteiger partial charge in [0.25, 0.3) is 0 Å². The van der Waals surface area contributed by atoms with Crippen LogP contribution in [0.4, 0.5) is 0 Å². The fraction of sp³-hybridized carbons (Fsp3) is 0.417. The molecule has 0 saturated heterocycles. The Bertz CT molecular complexity index is 596. The summed E-state index contributed by atoms with van der Waals surface area (Å²) >= 11 is 11.6. The topological polar surface area (TPSA) is 71.4 Å². The summed E-state index contributed by atoms with van der Waals surface area (Å²) in [7, 11) is -3.66. The molecule has 1 unspecified atom stereocenters. The van der Waals surface area contributed by atoms with Crippen LogP contribution in [-0.2, 0) is 9.84 Å². The second kappa shape index (κ2) is 6.11. The Hall–Kier alpha value is -0.780. The standard InChI is InChI=1S/C12H14Cl2O4S/c1-3-4-7(2)19(17,18)11-5-8(12(15)16)9(13)6-10(11)14/h5-7H,3-4H2,1-2H3,(H,15,16). The summed E-state index contributed by atoms with van der Waals surface area (Å²) in [6.07, 6.45) is 1.18. The highest BCUT2D eigenvalue weighted by atomic mass is 35.5. The predicted molar refractivity (Wildman–Crippen MR) is 75.0 cm³/mol. The van der Waals surface area contributed by atoms with Crippen molar-refractivity contribution in [3.05, 3.63) is 27.7 Å². The first-order chi connectivity index (χ1) is 8.71. The molecule has 0 radical (unpaired) electrons. The van der Waals surface area contributed by atoms with Crippen molar-refractivity contribution in [2.75, 3.05) is 0 Å². The molecule has 1 aromatic carbocycles. The average molecular weight is 325 g/mol. The van der Waals surface area contributed by atoms with Crippen LogP contribution >= 0.6 is 23.2 Å². The quantitative estimate of drug-likeness (QED) is 0.897. The number of hydrogen-bond donors (Lipinski definition) is 1. The molecule has 1 aromatic rings. The monoisotopic (exact) mass is 324 g/mol. The molecule has 4 nitrogen and oxygen atoms in total. The van der Waals surface area contributed by atoms with Gasteiger partial charge in [-0.1, -0.05) is 36.5 Å². The van der Waals surface area contributed by atoms with Gasteiger partial charge < -0.3 is 5.11 Å². The molecule has 0 amide bonds. The first kappa shape index (κ1) is 16.3. The zero-order chi connectivity index (χ0) is 14.8. The van der Waals surface area contributed by atoms with Crippen LogP contribution in [0.5, 0.6) is 0 Å². The van der Waals surface area contributed by atoms with Crippen molar-refractivity contribution < 1.29 is 18.3 Å². The van der Waals surface area contributed by atoms with Crippen LogP contribution in [0.3, 0.4) is 0 Å². The van der Waals surface area contributed by atoms with E-state index in [9.17, 15) is 13.2 Å². The maximum atomic E-state index is 12.3. The van der Waals surface area contributed by atoms with Gasteiger partial charge in [0.15, 0.2) is 9.84 Å². The van der Waals surface area contributed by atoms with Gasteiger partial charge in [-0.2, -0.15) is 0 Å². The molecule has 0 heterocycles. The third kappa shape index (κ3) is 3.41. The number of halogens is 2. The van der Waals surface area contributed by atoms with Crippen LogP contribution in [0.2, 0.25) is 10.0 Å². The number of carboxylic acids is 1. The molecule has 0 spiro atoms. The Labute approximate surface area is 122 Å². The summed E-state index contributed by atoms with van der Waals surface area (Å²) in [5, 5.41) is 8.20. The van der Waals surface area contributed by atoms with Crippen molar-refractivity contribution >= 4 is 39.0 Å². The highest BCUT2D eigenvalue weighted by molar-refractivity contribution is 7.92. The predicted octanol–water partition coefficient (Wildman–Crippen LogP) is 3.65. The highest BCUT2D eigenvalue weighted by Gasteiger charge is 2.27. The first-order valence-electron chi connectivity index (χ1n) is 5.68. The molecule has 0 aromatic heterocycles. The number of carbonyl (C=O) groups is 1. The summed E-state index contributed by atoms with van der Waals surface area (Å²) in [6, 6.07) is 2.17. The summed E-state index contributed by atoms with van der Waals surface area (Å²) in [6.45, 7) is 3.45. The fourth-order valence-corrected chi connectivity index (χ4v) is 4.07. The molecule has 0 aliphatic heterocycles. The summed E-state index contributed by atoms with van der Waals surface area (Å²) in [4.78, 5) is 10.8. The molecule has 0 aliphatic carbocycles. The van der Waals surface area contributed by atoms with E-state index in [0.29, 0.717) is 12.8 Å². The minimum absolute atomic E-state index is 0.0575. The Morgan fingerprint density at radius 2 is 1.89 bits per heavy atom. The lowest BCUT2D eigenvalue weighted by atomic mass is 10.2. The van der Waals surface area contributed by atoms with E-state index in [1.165, 1.54) is 0 Å². The molecule has 1 rings (SSSR count). The van der Waals surface area contributed by atoms with Gasteiger partial charge in [-0.05, 0) is 25.5 Å². The van der Waals surface area contributed by atoms with E-state index < -0.39 is 21.1 Å². The van der Waals surface area contributed by atoms with E-state index in [0.717, 1.165) is 12.1 Å². The Morgan fingerprint density at radius 3 is 2.37 bits per heavy atom. The number of hydrogen-bond acceptors (Lipinski definition) is 3. The van der Waals surface area contributed by atoms with Gasteiger partial charge in [-0.25, -0.2) is 13.2 Å². The lowest BCUT2D eigenvalue weighted by molar-refractivity contribution is 0.0697. The molecule has 106 valence electrons. The summed E-state index contributed by atoms with van der Waals surface area (Å²) < 4.78 is 24.6. The van der Waals surface area contributed by atoms with Gasteiger partial charge >= 0.3 is 5.97 Å². The minimum atomic E-state index is -3.66. The van der Waals surface area contributed by atoms with Crippen molar-refractivity contribution in [1.82, 2.24) is 0 Å². The molecule has 0 aliphatic rings. The molecular formula is C12H14Cl2O4S. The van der Waals surface area contributed by atoms with E-state index in [2.05, 4.69) is 0 Å². The fourth-order valence-electron chi connectivity index (χ4n) is 1.69. The Morgan fingerprint density at radius 1 is 1.32 bits per heavy atom. The smallest absolute Gasteiger partial charge is 0.337 e. The zero-order valence-corrected chi connectivity index (χ0v) is 12.8. The number of sulfone groups is 1. The largest absolute Gasteiger partial charge is 0.478 e. The molecular weight excluding hydrogens is 311 g/mol. The first-order valence-corrected chi connectivity index (χ1v) is 7.98. The van der Waals surface area contributed by atoms with Crippen LogP contribution in [0.15, 0.2) is 17.0 Å². The second-order valence-corrected chi connectivity index (χ2v) is 7.36. The van der Waals surface area contributed by atoms with Crippen LogP contribution in [0.1, 0.15) is 37.0 Å². The Balaban J connectivity index is 3.43. The van der Waals surface area contributed by atoms with Crippen LogP contribution < -0.4 is 0 Å². The lowest BCUT2D eigenvalue weighted by Gasteiger charge is -2.14. The van der Waals surface area contributed by atoms with Crippen molar-refractivity contribution in [3.63, 3.8) is 0 Å². The van der Waals surface area contributed by atoms with E-state index >= 15 is 0 Å². The molecule has 1 N–H and O–H groups in total. The van der Waals surface area contributed by atoms with Crippen LogP contribution in [0, 0.1) is 0 Å². The van der Waals surface area contributed by atoms with Crippen LogP contribution in [-0.4, -0.2) is 24.7 Å². The maximum Gasteiger partial charge on any atom is 0.337 e. The number of aromatic carboxylic acids is 1. The molecule has 7 heteroatoms. The van der Waals surface area contributed by atoms with Gasteiger partial charge in [0.2, 0.25) is 0 Å². The number of carboxylic acid groups (broad SMARTS) is 1. The molecule has 1 atom stereocenters. The molecule has 0 fully saturated rings. The van der Waals surface area contributed by atoms with E-state index in [1.807, 2.05) is 6.92 Å². The number of rotatable bonds is 5. The molecule has 19 heavy (non-hydrogen) atoms. The summed E-state index contributed by atoms with van der Waals surface area (Å²) in [5.74, 6) is -1.29. The molecule has 0 saturated carbocycles. The van der Waals surface area contributed by atoms with Crippen LogP contribution in [0.25, 0.3) is 0 Å². The van der Waals surface area contributed by atoms with Gasteiger partial charge in [-0.15, -0.1) is 0 Å².